The van der Waals surface area contributed by atoms with E-state index in [1.165, 1.54) is 12.8 Å². The van der Waals surface area contributed by atoms with Gasteiger partial charge in [0.1, 0.15) is 0 Å². The molecule has 2 atom stereocenters. The molecule has 2 fully saturated rings. The van der Waals surface area contributed by atoms with Gasteiger partial charge in [-0.1, -0.05) is 0 Å². The predicted octanol–water partition coefficient (Wildman–Crippen LogP) is 0.391. The maximum Gasteiger partial charge on any atom is 0.239 e. The van der Waals surface area contributed by atoms with Crippen molar-refractivity contribution in [1.82, 2.24) is 10.2 Å². The molecule has 2 heterocycles. The van der Waals surface area contributed by atoms with Gasteiger partial charge in [0, 0.05) is 19.1 Å². The Morgan fingerprint density at radius 3 is 3.08 bits per heavy atom. The van der Waals surface area contributed by atoms with Crippen LogP contribution in [0.4, 0.5) is 0 Å². The smallest absolute Gasteiger partial charge is 0.239 e. The Bertz CT molecular complexity index is 186. The Balaban J connectivity index is 0.000000720. The number of carbonyl (C=O) groups is 1. The predicted molar refractivity (Wildman–Crippen MR) is 49.4 cm³/mol. The Kier molecular flexibility index (Phi) is 2.96. The molecular formula is C8H15ClN2O. The van der Waals surface area contributed by atoms with Gasteiger partial charge in [0.15, 0.2) is 0 Å². The second-order valence-electron chi connectivity index (χ2n) is 3.46. The van der Waals surface area contributed by atoms with Crippen molar-refractivity contribution in [3.8, 4) is 0 Å². The van der Waals surface area contributed by atoms with Gasteiger partial charge in [-0.3, -0.25) is 4.79 Å². The van der Waals surface area contributed by atoms with E-state index in [0.29, 0.717) is 11.9 Å². The van der Waals surface area contributed by atoms with Gasteiger partial charge in [0.25, 0.3) is 0 Å². The first kappa shape index (κ1) is 9.81. The monoisotopic (exact) mass is 190 g/mol. The molecule has 0 aromatic rings. The van der Waals surface area contributed by atoms with Gasteiger partial charge in [-0.2, -0.15) is 0 Å². The van der Waals surface area contributed by atoms with Crippen LogP contribution in [0.2, 0.25) is 0 Å². The van der Waals surface area contributed by atoms with Crippen LogP contribution < -0.4 is 5.32 Å². The molecule has 2 rings (SSSR count). The summed E-state index contributed by atoms with van der Waals surface area (Å²) < 4.78 is 0. The molecule has 0 aromatic carbocycles. The molecule has 1 N–H and O–H groups in total. The number of fused-ring (bicyclic) bond motifs is 1. The number of rotatable bonds is 0. The summed E-state index contributed by atoms with van der Waals surface area (Å²) in [5.41, 5.74) is 0. The first-order chi connectivity index (χ1) is 5.29. The molecule has 12 heavy (non-hydrogen) atoms. The van der Waals surface area contributed by atoms with Crippen LogP contribution in [0.3, 0.4) is 0 Å². The van der Waals surface area contributed by atoms with Crippen molar-refractivity contribution in [2.45, 2.75) is 31.8 Å². The molecule has 3 nitrogen and oxygen atoms in total. The van der Waals surface area contributed by atoms with Crippen LogP contribution >= 0.6 is 12.4 Å². The van der Waals surface area contributed by atoms with E-state index in [4.69, 9.17) is 0 Å². The van der Waals surface area contributed by atoms with Crippen molar-refractivity contribution in [2.75, 3.05) is 13.1 Å². The summed E-state index contributed by atoms with van der Waals surface area (Å²) in [6.07, 6.45) is 2.37. The van der Waals surface area contributed by atoms with Gasteiger partial charge in [-0.25, -0.2) is 0 Å². The van der Waals surface area contributed by atoms with Crippen LogP contribution in [0, 0.1) is 0 Å². The molecule has 0 aromatic heterocycles. The summed E-state index contributed by atoms with van der Waals surface area (Å²) in [4.78, 5) is 13.5. The lowest BCUT2D eigenvalue weighted by Crippen LogP contribution is -2.56. The molecule has 2 unspecified atom stereocenters. The van der Waals surface area contributed by atoms with Crippen LogP contribution in [-0.2, 0) is 4.79 Å². The van der Waals surface area contributed by atoms with E-state index in [2.05, 4.69) is 5.32 Å². The Hall–Kier alpha value is -0.280. The number of hydrogen-bond acceptors (Lipinski definition) is 2. The van der Waals surface area contributed by atoms with E-state index in [-0.39, 0.29) is 18.4 Å². The van der Waals surface area contributed by atoms with E-state index in [9.17, 15) is 4.79 Å². The number of amides is 1. The van der Waals surface area contributed by atoms with Crippen LogP contribution in [0.1, 0.15) is 19.8 Å². The van der Waals surface area contributed by atoms with Gasteiger partial charge in [0.05, 0.1) is 6.04 Å². The van der Waals surface area contributed by atoms with Crippen molar-refractivity contribution < 1.29 is 4.79 Å². The number of carbonyl (C=O) groups excluding carboxylic acids is 1. The highest BCUT2D eigenvalue weighted by molar-refractivity contribution is 5.85. The minimum Gasteiger partial charge on any atom is -0.337 e. The van der Waals surface area contributed by atoms with E-state index in [0.717, 1.165) is 13.1 Å². The lowest BCUT2D eigenvalue weighted by atomic mass is 10.1. The van der Waals surface area contributed by atoms with Crippen molar-refractivity contribution in [1.29, 1.82) is 0 Å². The molecule has 0 radical (unpaired) electrons. The third-order valence-electron chi connectivity index (χ3n) is 2.69. The number of piperazine rings is 1. The summed E-state index contributed by atoms with van der Waals surface area (Å²) in [6.45, 7) is 3.92. The first-order valence-corrected chi connectivity index (χ1v) is 4.33. The van der Waals surface area contributed by atoms with Crippen LogP contribution in [0.5, 0.6) is 0 Å². The topological polar surface area (TPSA) is 32.3 Å². The summed E-state index contributed by atoms with van der Waals surface area (Å²) in [7, 11) is 0. The van der Waals surface area contributed by atoms with Crippen LogP contribution in [0.25, 0.3) is 0 Å². The standard InChI is InChI=1S/C8H14N2O.ClH/c1-6-8(11)10-4-2-3-7(10)5-9-6;/h6-7,9H,2-5H2,1H3;1H. The van der Waals surface area contributed by atoms with E-state index in [1.54, 1.807) is 0 Å². The molecule has 0 aliphatic carbocycles. The average Bonchev–Trinajstić information content (AvgIpc) is 2.45. The van der Waals surface area contributed by atoms with E-state index in [1.807, 2.05) is 11.8 Å². The normalized spacial score (nSPS) is 34.4. The highest BCUT2D eigenvalue weighted by Gasteiger charge is 2.35. The average molecular weight is 191 g/mol. The van der Waals surface area contributed by atoms with Crippen molar-refractivity contribution in [2.24, 2.45) is 0 Å². The number of nitrogens with zero attached hydrogens (tertiary/aromatic N) is 1. The van der Waals surface area contributed by atoms with Crippen molar-refractivity contribution in [3.05, 3.63) is 0 Å². The third-order valence-corrected chi connectivity index (χ3v) is 2.69. The quantitative estimate of drug-likeness (QED) is 0.600. The highest BCUT2D eigenvalue weighted by atomic mass is 35.5. The minimum absolute atomic E-state index is 0. The first-order valence-electron chi connectivity index (χ1n) is 4.33. The largest absolute Gasteiger partial charge is 0.337 e. The lowest BCUT2D eigenvalue weighted by Gasteiger charge is -2.33. The number of nitrogens with one attached hydrogen (secondary N) is 1. The summed E-state index contributed by atoms with van der Waals surface area (Å²) >= 11 is 0. The lowest BCUT2D eigenvalue weighted by molar-refractivity contribution is -0.136. The molecule has 2 aliphatic rings. The zero-order valence-electron chi connectivity index (χ0n) is 7.25. The van der Waals surface area contributed by atoms with Gasteiger partial charge >= 0.3 is 0 Å². The second-order valence-corrected chi connectivity index (χ2v) is 3.46. The molecule has 0 spiro atoms. The third kappa shape index (κ3) is 1.43. The number of halogens is 1. The van der Waals surface area contributed by atoms with Gasteiger partial charge in [-0.15, -0.1) is 12.4 Å². The Morgan fingerprint density at radius 2 is 2.33 bits per heavy atom. The maximum atomic E-state index is 11.5. The molecule has 0 saturated carbocycles. The molecule has 2 aliphatic heterocycles. The molecular weight excluding hydrogens is 176 g/mol. The van der Waals surface area contributed by atoms with E-state index >= 15 is 0 Å². The van der Waals surface area contributed by atoms with Crippen LogP contribution in [0.15, 0.2) is 0 Å². The molecule has 70 valence electrons. The van der Waals surface area contributed by atoms with Crippen LogP contribution in [-0.4, -0.2) is 36.0 Å². The SMILES string of the molecule is CC1NCC2CCCN2C1=O.Cl. The minimum atomic E-state index is 0. The zero-order chi connectivity index (χ0) is 7.84. The van der Waals surface area contributed by atoms with Crippen molar-refractivity contribution in [3.63, 3.8) is 0 Å². The van der Waals surface area contributed by atoms with Crippen molar-refractivity contribution >= 4 is 18.3 Å². The summed E-state index contributed by atoms with van der Waals surface area (Å²) in [6, 6.07) is 0.544. The molecule has 2 saturated heterocycles. The highest BCUT2D eigenvalue weighted by Crippen LogP contribution is 2.20. The maximum absolute atomic E-state index is 11.5. The van der Waals surface area contributed by atoms with E-state index < -0.39 is 0 Å². The fourth-order valence-corrected chi connectivity index (χ4v) is 1.99. The fraction of sp³-hybridized carbons (Fsp3) is 0.875. The zero-order valence-corrected chi connectivity index (χ0v) is 8.06. The summed E-state index contributed by atoms with van der Waals surface area (Å²) in [5.74, 6) is 0.291. The van der Waals surface area contributed by atoms with Gasteiger partial charge in [0.2, 0.25) is 5.91 Å². The second kappa shape index (κ2) is 3.62. The molecule has 1 amide bonds. The Labute approximate surface area is 78.9 Å². The van der Waals surface area contributed by atoms with Gasteiger partial charge in [-0.05, 0) is 19.8 Å². The Morgan fingerprint density at radius 1 is 1.58 bits per heavy atom. The van der Waals surface area contributed by atoms with Gasteiger partial charge < -0.3 is 10.2 Å². The molecule has 0 bridgehead atoms. The molecule has 4 heteroatoms. The number of hydrogen-bond donors (Lipinski definition) is 1. The fourth-order valence-electron chi connectivity index (χ4n) is 1.99. The summed E-state index contributed by atoms with van der Waals surface area (Å²) in [5, 5.41) is 3.21.